The largest absolute Gasteiger partial charge is 0.506 e. The molecule has 0 heterocycles. The molecule has 0 fully saturated rings. The molecule has 2 rings (SSSR count). The fourth-order valence-electron chi connectivity index (χ4n) is 2.19. The van der Waals surface area contributed by atoms with Crippen LogP contribution in [0.5, 0.6) is 11.5 Å². The molecule has 16 heteroatoms. The number of carbonyl (C=O) groups excluding carboxylic acids is 2. The zero-order chi connectivity index (χ0) is 24.7. The molecule has 2 amide bonds. The summed E-state index contributed by atoms with van der Waals surface area (Å²) in [5.41, 5.74) is 3.23. The molecule has 0 saturated heterocycles. The van der Waals surface area contributed by atoms with Crippen molar-refractivity contribution in [2.24, 2.45) is 10.2 Å². The number of nitro groups is 2. The van der Waals surface area contributed by atoms with Crippen LogP contribution in [0.25, 0.3) is 0 Å². The molecule has 172 valence electrons. The summed E-state index contributed by atoms with van der Waals surface area (Å²) < 4.78 is 0.0899. The van der Waals surface area contributed by atoms with Gasteiger partial charge in [0, 0.05) is 35.4 Å². The normalized spacial score (nSPS) is 11.0. The number of nitrogens with zero attached hydrogens (tertiary/aromatic N) is 4. The Hall–Kier alpha value is -3.92. The van der Waals surface area contributed by atoms with Gasteiger partial charge in [0.25, 0.3) is 11.4 Å². The van der Waals surface area contributed by atoms with Crippen LogP contribution in [0.4, 0.5) is 11.4 Å². The minimum absolute atomic E-state index is 0.0449. The van der Waals surface area contributed by atoms with Gasteiger partial charge in [-0.3, -0.25) is 29.8 Å². The highest BCUT2D eigenvalue weighted by atomic mass is 79.9. The third-order valence-corrected chi connectivity index (χ3v) is 4.89. The lowest BCUT2D eigenvalue weighted by molar-refractivity contribution is -0.385. The van der Waals surface area contributed by atoms with Gasteiger partial charge < -0.3 is 10.2 Å². The van der Waals surface area contributed by atoms with Crippen LogP contribution in [-0.2, 0) is 9.59 Å². The lowest BCUT2D eigenvalue weighted by atomic mass is 10.2. The van der Waals surface area contributed by atoms with Crippen molar-refractivity contribution in [1.29, 1.82) is 0 Å². The SMILES string of the molecule is O=C(CC(=O)N/N=C\c1cc([N+](=O)[O-])cc(Br)c1O)N/N=C\c1cc([N+](=O)[O-])cc(Br)c1O. The average molecular weight is 588 g/mol. The first kappa shape index (κ1) is 25.3. The molecule has 2 aromatic carbocycles. The van der Waals surface area contributed by atoms with Crippen LogP contribution in [0.2, 0.25) is 0 Å². The van der Waals surface area contributed by atoms with Gasteiger partial charge in [0.15, 0.2) is 0 Å². The summed E-state index contributed by atoms with van der Waals surface area (Å²) in [5, 5.41) is 48.5. The molecule has 0 bridgehead atoms. The Kier molecular flexibility index (Phi) is 8.52. The van der Waals surface area contributed by atoms with E-state index >= 15 is 0 Å². The highest BCUT2D eigenvalue weighted by Gasteiger charge is 2.15. The molecule has 0 aliphatic rings. The van der Waals surface area contributed by atoms with E-state index in [1.165, 1.54) is 0 Å². The minimum Gasteiger partial charge on any atom is -0.506 e. The number of rotatable bonds is 8. The number of halogens is 2. The van der Waals surface area contributed by atoms with Gasteiger partial charge in [0.05, 0.1) is 31.2 Å². The minimum atomic E-state index is -0.871. The summed E-state index contributed by atoms with van der Waals surface area (Å²) >= 11 is 5.92. The van der Waals surface area contributed by atoms with E-state index in [9.17, 15) is 40.0 Å². The molecule has 0 aromatic heterocycles. The molecule has 2 aromatic rings. The second kappa shape index (κ2) is 11.1. The summed E-state index contributed by atoms with van der Waals surface area (Å²) in [5.74, 6) is -2.43. The number of benzene rings is 2. The number of aromatic hydroxyl groups is 2. The summed E-state index contributed by atoms with van der Waals surface area (Å²) in [6.07, 6.45) is 1.18. The molecule has 0 aliphatic carbocycles. The van der Waals surface area contributed by atoms with Crippen molar-refractivity contribution < 1.29 is 29.6 Å². The Labute approximate surface area is 200 Å². The Bertz CT molecular complexity index is 1110. The quantitative estimate of drug-likeness (QED) is 0.155. The number of phenols is 2. The lowest BCUT2D eigenvalue weighted by Crippen LogP contribution is -2.27. The smallest absolute Gasteiger partial charge is 0.271 e. The third kappa shape index (κ3) is 7.04. The van der Waals surface area contributed by atoms with Crippen molar-refractivity contribution >= 4 is 67.5 Å². The van der Waals surface area contributed by atoms with Gasteiger partial charge in [0.2, 0.25) is 11.8 Å². The topological polar surface area (TPSA) is 210 Å². The van der Waals surface area contributed by atoms with Gasteiger partial charge in [-0.05, 0) is 31.9 Å². The van der Waals surface area contributed by atoms with Crippen LogP contribution in [-0.4, -0.2) is 44.3 Å². The summed E-state index contributed by atoms with van der Waals surface area (Å²) in [4.78, 5) is 43.9. The number of phenolic OH excluding ortho intramolecular Hbond substituents is 2. The number of hydrazone groups is 2. The number of amides is 2. The maximum Gasteiger partial charge on any atom is 0.271 e. The van der Waals surface area contributed by atoms with Crippen molar-refractivity contribution in [2.45, 2.75) is 6.42 Å². The predicted octanol–water partition coefficient (Wildman–Crippen LogP) is 2.43. The first-order valence-corrected chi connectivity index (χ1v) is 10.1. The lowest BCUT2D eigenvalue weighted by Gasteiger charge is -2.03. The fourth-order valence-corrected chi connectivity index (χ4v) is 3.12. The van der Waals surface area contributed by atoms with Crippen LogP contribution in [0.3, 0.4) is 0 Å². The van der Waals surface area contributed by atoms with Gasteiger partial charge >= 0.3 is 0 Å². The van der Waals surface area contributed by atoms with Crippen molar-refractivity contribution in [3.8, 4) is 11.5 Å². The van der Waals surface area contributed by atoms with Crippen LogP contribution in [0, 0.1) is 20.2 Å². The van der Waals surface area contributed by atoms with Crippen molar-refractivity contribution in [2.75, 3.05) is 0 Å². The van der Waals surface area contributed by atoms with Crippen molar-refractivity contribution in [1.82, 2.24) is 10.9 Å². The average Bonchev–Trinajstić information content (AvgIpc) is 2.73. The van der Waals surface area contributed by atoms with Gasteiger partial charge in [-0.2, -0.15) is 10.2 Å². The van der Waals surface area contributed by atoms with E-state index in [4.69, 9.17) is 0 Å². The van der Waals surface area contributed by atoms with Crippen LogP contribution in [0.15, 0.2) is 43.4 Å². The molecule has 33 heavy (non-hydrogen) atoms. The molecular weight excluding hydrogens is 576 g/mol. The Morgan fingerprint density at radius 3 is 1.55 bits per heavy atom. The van der Waals surface area contributed by atoms with E-state index < -0.39 is 28.1 Å². The van der Waals surface area contributed by atoms with Crippen molar-refractivity contribution in [3.05, 3.63) is 64.6 Å². The van der Waals surface area contributed by atoms with Gasteiger partial charge in [-0.15, -0.1) is 0 Å². The Balaban J connectivity index is 1.95. The molecule has 0 spiro atoms. The van der Waals surface area contributed by atoms with Crippen LogP contribution < -0.4 is 10.9 Å². The van der Waals surface area contributed by atoms with Gasteiger partial charge in [-0.25, -0.2) is 10.9 Å². The van der Waals surface area contributed by atoms with Crippen LogP contribution >= 0.6 is 31.9 Å². The Morgan fingerprint density at radius 1 is 0.848 bits per heavy atom. The highest BCUT2D eigenvalue weighted by molar-refractivity contribution is 9.11. The summed E-state index contributed by atoms with van der Waals surface area (Å²) in [6, 6.07) is 4.22. The molecule has 4 N–H and O–H groups in total. The predicted molar refractivity (Wildman–Crippen MR) is 121 cm³/mol. The van der Waals surface area contributed by atoms with Crippen molar-refractivity contribution in [3.63, 3.8) is 0 Å². The fraction of sp³-hybridized carbons (Fsp3) is 0.0588. The van der Waals surface area contributed by atoms with E-state index in [0.29, 0.717) is 0 Å². The second-order valence-corrected chi connectivity index (χ2v) is 7.72. The summed E-state index contributed by atoms with van der Waals surface area (Å²) in [7, 11) is 0. The van der Waals surface area contributed by atoms with E-state index in [0.717, 1.165) is 36.7 Å². The molecule has 0 aliphatic heterocycles. The molecule has 0 atom stereocenters. The molecule has 0 radical (unpaired) electrons. The molecular formula is C17H12Br2N6O8. The van der Waals surface area contributed by atoms with E-state index in [-0.39, 0.29) is 42.9 Å². The third-order valence-electron chi connectivity index (χ3n) is 3.68. The first-order valence-electron chi connectivity index (χ1n) is 8.47. The molecule has 0 saturated carbocycles. The number of nitro benzene ring substituents is 2. The maximum atomic E-state index is 11.8. The standard InChI is InChI=1S/C17H12Br2N6O8/c18-12-3-10(24(30)31)1-8(16(12)28)6-20-22-14(26)5-15(27)23-21-7-9-2-11(25(32)33)4-13(19)17(9)29/h1-4,6-7,28-29H,5H2,(H,22,26)(H,23,27)/b20-6-,21-7-. The maximum absolute atomic E-state index is 11.8. The number of non-ortho nitro benzene ring substituents is 2. The van der Waals surface area contributed by atoms with E-state index in [2.05, 4.69) is 42.1 Å². The van der Waals surface area contributed by atoms with E-state index in [1.807, 2.05) is 10.9 Å². The number of nitrogens with one attached hydrogen (secondary N) is 2. The molecule has 14 nitrogen and oxygen atoms in total. The van der Waals surface area contributed by atoms with Gasteiger partial charge in [0.1, 0.15) is 17.9 Å². The zero-order valence-electron chi connectivity index (χ0n) is 16.1. The highest BCUT2D eigenvalue weighted by Crippen LogP contribution is 2.32. The number of carbonyl (C=O) groups is 2. The summed E-state index contributed by atoms with van der Waals surface area (Å²) in [6.45, 7) is 0. The Morgan fingerprint density at radius 2 is 1.21 bits per heavy atom. The second-order valence-electron chi connectivity index (χ2n) is 6.01. The first-order chi connectivity index (χ1) is 15.5. The van der Waals surface area contributed by atoms with Crippen LogP contribution in [0.1, 0.15) is 17.5 Å². The zero-order valence-corrected chi connectivity index (χ0v) is 19.2. The van der Waals surface area contributed by atoms with E-state index in [1.54, 1.807) is 0 Å². The number of hydrogen-bond donors (Lipinski definition) is 4. The molecule has 0 unspecified atom stereocenters. The van der Waals surface area contributed by atoms with Gasteiger partial charge in [-0.1, -0.05) is 0 Å². The monoisotopic (exact) mass is 586 g/mol. The number of hydrogen-bond acceptors (Lipinski definition) is 10.